The van der Waals surface area contributed by atoms with Crippen LogP contribution in [-0.2, 0) is 26.2 Å². The fraction of sp³-hybridized carbons (Fsp3) is 0.333. The summed E-state index contributed by atoms with van der Waals surface area (Å²) < 4.78 is 29.6. The molecule has 3 aromatic rings. The van der Waals surface area contributed by atoms with Crippen LogP contribution in [0.2, 0.25) is 10.0 Å². The lowest BCUT2D eigenvalue weighted by molar-refractivity contribution is -0.139. The van der Waals surface area contributed by atoms with Crippen LogP contribution in [0.15, 0.2) is 82.2 Å². The SMILES string of the molecule is CC(C(=O)NC1CCCCC1)N(Cc1ccc(Br)cc1)C(=O)CN(c1ccc(Cl)cc1Cl)S(=O)(=O)c1ccccc1. The summed E-state index contributed by atoms with van der Waals surface area (Å²) >= 11 is 16.0. The molecule has 1 atom stereocenters. The van der Waals surface area contributed by atoms with E-state index < -0.39 is 28.5 Å². The zero-order chi connectivity index (χ0) is 29.6. The monoisotopic (exact) mass is 679 g/mol. The number of benzene rings is 3. The largest absolute Gasteiger partial charge is 0.352 e. The fourth-order valence-corrected chi connectivity index (χ4v) is 7.13. The van der Waals surface area contributed by atoms with Crippen molar-refractivity contribution in [3.05, 3.63) is 92.9 Å². The molecule has 1 unspecified atom stereocenters. The van der Waals surface area contributed by atoms with Gasteiger partial charge in [-0.1, -0.05) is 88.7 Å². The molecule has 0 radical (unpaired) electrons. The van der Waals surface area contributed by atoms with Crippen molar-refractivity contribution in [2.24, 2.45) is 0 Å². The normalized spacial score (nSPS) is 14.7. The zero-order valence-corrected chi connectivity index (χ0v) is 26.5. The Balaban J connectivity index is 1.69. The van der Waals surface area contributed by atoms with E-state index in [9.17, 15) is 18.0 Å². The Morgan fingerprint density at radius 3 is 2.27 bits per heavy atom. The Bertz CT molecular complexity index is 1470. The third-order valence-corrected chi connectivity index (χ3v) is 10.0. The molecule has 41 heavy (non-hydrogen) atoms. The number of nitrogens with zero attached hydrogens (tertiary/aromatic N) is 2. The van der Waals surface area contributed by atoms with Crippen molar-refractivity contribution in [3.63, 3.8) is 0 Å². The predicted octanol–water partition coefficient (Wildman–Crippen LogP) is 6.82. The van der Waals surface area contributed by atoms with Crippen LogP contribution in [0.4, 0.5) is 5.69 Å². The van der Waals surface area contributed by atoms with E-state index in [1.54, 1.807) is 25.1 Å². The summed E-state index contributed by atoms with van der Waals surface area (Å²) in [6.07, 6.45) is 5.05. The van der Waals surface area contributed by atoms with E-state index in [-0.39, 0.29) is 34.1 Å². The van der Waals surface area contributed by atoms with Gasteiger partial charge in [-0.25, -0.2) is 8.42 Å². The maximum atomic E-state index is 14.1. The molecule has 3 aromatic carbocycles. The molecule has 0 spiro atoms. The second-order valence-electron chi connectivity index (χ2n) is 10.1. The van der Waals surface area contributed by atoms with E-state index in [4.69, 9.17) is 23.2 Å². The number of sulfonamides is 1. The molecule has 0 saturated heterocycles. The van der Waals surface area contributed by atoms with Gasteiger partial charge in [-0.15, -0.1) is 0 Å². The molecule has 1 aliphatic carbocycles. The van der Waals surface area contributed by atoms with E-state index in [1.807, 2.05) is 24.3 Å². The Labute approximate surface area is 260 Å². The number of rotatable bonds is 10. The first-order valence-corrected chi connectivity index (χ1v) is 16.4. The van der Waals surface area contributed by atoms with Crippen molar-refractivity contribution in [1.29, 1.82) is 0 Å². The second kappa shape index (κ2) is 14.1. The third kappa shape index (κ3) is 8.03. The van der Waals surface area contributed by atoms with Gasteiger partial charge in [0.1, 0.15) is 12.6 Å². The molecular formula is C30H32BrCl2N3O4S. The second-order valence-corrected chi connectivity index (χ2v) is 13.7. The zero-order valence-electron chi connectivity index (χ0n) is 22.6. The highest BCUT2D eigenvalue weighted by Gasteiger charge is 2.34. The van der Waals surface area contributed by atoms with Gasteiger partial charge in [0.2, 0.25) is 11.8 Å². The van der Waals surface area contributed by atoms with Crippen LogP contribution < -0.4 is 9.62 Å². The van der Waals surface area contributed by atoms with Gasteiger partial charge in [-0.05, 0) is 67.8 Å². The number of amides is 2. The Morgan fingerprint density at radius 2 is 1.63 bits per heavy atom. The topological polar surface area (TPSA) is 86.8 Å². The number of hydrogen-bond acceptors (Lipinski definition) is 4. The summed E-state index contributed by atoms with van der Waals surface area (Å²) in [5.41, 5.74) is 0.900. The van der Waals surface area contributed by atoms with Gasteiger partial charge in [0.25, 0.3) is 10.0 Å². The summed E-state index contributed by atoms with van der Waals surface area (Å²) in [6, 6.07) is 18.9. The lowest BCUT2D eigenvalue weighted by Gasteiger charge is -2.33. The number of nitrogens with one attached hydrogen (secondary N) is 1. The van der Waals surface area contributed by atoms with Gasteiger partial charge in [-0.2, -0.15) is 0 Å². The van der Waals surface area contributed by atoms with Gasteiger partial charge in [0.05, 0.1) is 15.6 Å². The van der Waals surface area contributed by atoms with Crippen LogP contribution in [0, 0.1) is 0 Å². The highest BCUT2D eigenvalue weighted by molar-refractivity contribution is 9.10. The Kier molecular flexibility index (Phi) is 10.7. The summed E-state index contributed by atoms with van der Waals surface area (Å²) in [6.45, 7) is 1.20. The third-order valence-electron chi connectivity index (χ3n) is 7.17. The van der Waals surface area contributed by atoms with Crippen LogP contribution in [0.1, 0.15) is 44.6 Å². The lowest BCUT2D eigenvalue weighted by Crippen LogP contribution is -2.53. The van der Waals surface area contributed by atoms with Crippen LogP contribution in [0.3, 0.4) is 0 Å². The number of carbonyl (C=O) groups is 2. The molecule has 1 fully saturated rings. The maximum absolute atomic E-state index is 14.1. The van der Waals surface area contributed by atoms with Crippen LogP contribution in [0.5, 0.6) is 0 Å². The van der Waals surface area contributed by atoms with Gasteiger partial charge in [0.15, 0.2) is 0 Å². The van der Waals surface area contributed by atoms with Gasteiger partial charge in [-0.3, -0.25) is 13.9 Å². The molecule has 218 valence electrons. The average molecular weight is 681 g/mol. The number of anilines is 1. The summed E-state index contributed by atoms with van der Waals surface area (Å²) in [7, 11) is -4.21. The minimum Gasteiger partial charge on any atom is -0.352 e. The van der Waals surface area contributed by atoms with E-state index in [0.717, 1.165) is 46.4 Å². The molecule has 11 heteroatoms. The van der Waals surface area contributed by atoms with Crippen molar-refractivity contribution >= 4 is 66.7 Å². The predicted molar refractivity (Wildman–Crippen MR) is 167 cm³/mol. The van der Waals surface area contributed by atoms with E-state index >= 15 is 0 Å². The molecule has 2 amide bonds. The van der Waals surface area contributed by atoms with Crippen molar-refractivity contribution in [2.75, 3.05) is 10.8 Å². The average Bonchev–Trinajstić information content (AvgIpc) is 2.96. The first-order chi connectivity index (χ1) is 19.6. The maximum Gasteiger partial charge on any atom is 0.264 e. The van der Waals surface area contributed by atoms with Gasteiger partial charge in [0, 0.05) is 22.1 Å². The molecule has 1 saturated carbocycles. The van der Waals surface area contributed by atoms with E-state index in [0.29, 0.717) is 5.02 Å². The smallest absolute Gasteiger partial charge is 0.264 e. The number of hydrogen-bond donors (Lipinski definition) is 1. The lowest BCUT2D eigenvalue weighted by atomic mass is 9.95. The summed E-state index contributed by atoms with van der Waals surface area (Å²) in [4.78, 5) is 28.9. The first-order valence-electron chi connectivity index (χ1n) is 13.4. The highest BCUT2D eigenvalue weighted by Crippen LogP contribution is 2.33. The molecule has 0 bridgehead atoms. The minimum absolute atomic E-state index is 0.00127. The molecule has 0 aliphatic heterocycles. The van der Waals surface area contributed by atoms with Crippen molar-refractivity contribution < 1.29 is 18.0 Å². The fourth-order valence-electron chi connectivity index (χ4n) is 4.85. The van der Waals surface area contributed by atoms with Crippen molar-refractivity contribution in [2.45, 2.75) is 62.6 Å². The molecule has 1 aliphatic rings. The number of carbonyl (C=O) groups excluding carboxylic acids is 2. The molecular weight excluding hydrogens is 649 g/mol. The number of halogens is 3. The van der Waals surface area contributed by atoms with Crippen molar-refractivity contribution in [3.8, 4) is 0 Å². The van der Waals surface area contributed by atoms with Gasteiger partial charge < -0.3 is 10.2 Å². The van der Waals surface area contributed by atoms with Crippen molar-refractivity contribution in [1.82, 2.24) is 10.2 Å². The quantitative estimate of drug-likeness (QED) is 0.255. The molecule has 0 aromatic heterocycles. The van der Waals surface area contributed by atoms with Crippen LogP contribution in [-0.4, -0.2) is 43.8 Å². The standard InChI is InChI=1S/C30H32BrCl2N3O4S/c1-21(30(38)34-25-8-4-2-5-9-25)35(19-22-12-14-23(31)15-13-22)29(37)20-36(28-17-16-24(32)18-27(28)33)41(39,40)26-10-6-3-7-11-26/h3,6-7,10-18,21,25H,2,4-5,8-9,19-20H2,1H3,(H,34,38). The Morgan fingerprint density at radius 1 is 0.976 bits per heavy atom. The summed E-state index contributed by atoms with van der Waals surface area (Å²) in [5, 5.41) is 3.50. The molecule has 0 heterocycles. The molecule has 4 rings (SSSR count). The Hall–Kier alpha value is -2.59. The van der Waals surface area contributed by atoms with Gasteiger partial charge >= 0.3 is 0 Å². The molecule has 1 N–H and O–H groups in total. The van der Waals surface area contributed by atoms with E-state index in [2.05, 4.69) is 21.2 Å². The first kappa shape index (κ1) is 31.3. The van der Waals surface area contributed by atoms with E-state index in [1.165, 1.54) is 35.2 Å². The molecule has 7 nitrogen and oxygen atoms in total. The van der Waals surface area contributed by atoms with Crippen LogP contribution >= 0.6 is 39.1 Å². The minimum atomic E-state index is -4.21. The summed E-state index contributed by atoms with van der Waals surface area (Å²) in [5.74, 6) is -0.825. The highest BCUT2D eigenvalue weighted by atomic mass is 79.9. The van der Waals surface area contributed by atoms with Crippen LogP contribution in [0.25, 0.3) is 0 Å².